The fraction of sp³-hybridized carbons (Fsp3) is 0.280. The molecule has 182 valence electrons. The van der Waals surface area contributed by atoms with E-state index in [4.69, 9.17) is 27.9 Å². The minimum Gasteiger partial charge on any atom is -0.493 e. The van der Waals surface area contributed by atoms with Gasteiger partial charge in [-0.1, -0.05) is 35.3 Å². The monoisotopic (exact) mass is 515 g/mol. The Hall–Kier alpha value is -3.07. The van der Waals surface area contributed by atoms with Gasteiger partial charge < -0.3 is 15.4 Å². The molecular weight excluding hydrogens is 492 g/mol. The van der Waals surface area contributed by atoms with Crippen molar-refractivity contribution in [2.24, 2.45) is 10.9 Å². The first-order valence-electron chi connectivity index (χ1n) is 11.2. The summed E-state index contributed by atoms with van der Waals surface area (Å²) in [5.41, 5.74) is 1.70. The highest BCUT2D eigenvalue weighted by molar-refractivity contribution is 6.36. The van der Waals surface area contributed by atoms with Crippen molar-refractivity contribution in [3.05, 3.63) is 70.2 Å². The summed E-state index contributed by atoms with van der Waals surface area (Å²) in [6.07, 6.45) is 7.08. The molecule has 0 atom stereocenters. The van der Waals surface area contributed by atoms with Crippen LogP contribution >= 0.6 is 23.2 Å². The molecule has 2 aromatic carbocycles. The number of halogens is 3. The Kier molecular flexibility index (Phi) is 8.63. The van der Waals surface area contributed by atoms with Gasteiger partial charge in [-0.25, -0.2) is 24.1 Å². The number of rotatable bonds is 7. The quantitative estimate of drug-likeness (QED) is 0.306. The van der Waals surface area contributed by atoms with Crippen LogP contribution in [-0.2, 0) is 6.42 Å². The average Bonchev–Trinajstić information content (AvgIpc) is 2.88. The van der Waals surface area contributed by atoms with E-state index in [1.807, 2.05) is 12.1 Å². The van der Waals surface area contributed by atoms with Crippen molar-refractivity contribution >= 4 is 41.1 Å². The molecule has 35 heavy (non-hydrogen) atoms. The Morgan fingerprint density at radius 1 is 1.20 bits per heavy atom. The number of nitrogens with one attached hydrogen (secondary N) is 2. The van der Waals surface area contributed by atoms with E-state index in [0.717, 1.165) is 31.5 Å². The second kappa shape index (κ2) is 12.1. The van der Waals surface area contributed by atoms with E-state index >= 15 is 0 Å². The van der Waals surface area contributed by atoms with Crippen LogP contribution in [-0.4, -0.2) is 41.9 Å². The highest BCUT2D eigenvalue weighted by atomic mass is 35.5. The first-order valence-corrected chi connectivity index (χ1v) is 12.0. The van der Waals surface area contributed by atoms with Gasteiger partial charge in [-0.05, 0) is 61.7 Å². The lowest BCUT2D eigenvalue weighted by Crippen LogP contribution is -2.28. The van der Waals surface area contributed by atoms with Crippen molar-refractivity contribution in [3.8, 4) is 17.1 Å². The van der Waals surface area contributed by atoms with Gasteiger partial charge in [-0.15, -0.1) is 0 Å². The summed E-state index contributed by atoms with van der Waals surface area (Å²) in [5, 5.41) is 6.36. The molecule has 10 heteroatoms. The van der Waals surface area contributed by atoms with Gasteiger partial charge in [-0.3, -0.25) is 0 Å². The first kappa shape index (κ1) is 25.0. The molecule has 2 amide bonds. The van der Waals surface area contributed by atoms with Crippen LogP contribution in [0.4, 0.5) is 14.9 Å². The summed E-state index contributed by atoms with van der Waals surface area (Å²) in [5.74, 6) is 0.874. The summed E-state index contributed by atoms with van der Waals surface area (Å²) in [6, 6.07) is 9.53. The Morgan fingerprint density at radius 2 is 1.97 bits per heavy atom. The van der Waals surface area contributed by atoms with Crippen LogP contribution in [0, 0.1) is 11.7 Å². The molecule has 0 radical (unpaired) electrons. The highest BCUT2D eigenvalue weighted by Gasteiger charge is 2.12. The number of hydrogen-bond donors (Lipinski definition) is 2. The Balaban J connectivity index is 1.33. The molecule has 1 aromatic heterocycles. The maximum atomic E-state index is 13.7. The third kappa shape index (κ3) is 6.97. The second-order valence-electron chi connectivity index (χ2n) is 8.04. The number of nitrogens with zero attached hydrogens (tertiary/aromatic N) is 3. The molecule has 1 fully saturated rings. The smallest absolute Gasteiger partial charge is 0.345 e. The number of amides is 2. The number of aliphatic imine (C=N–C) groups is 1. The molecule has 1 saturated heterocycles. The minimum absolute atomic E-state index is 0.00686. The number of benzene rings is 2. The van der Waals surface area contributed by atoms with Gasteiger partial charge >= 0.3 is 6.03 Å². The Bertz CT molecular complexity index is 1200. The number of hydrogen-bond acceptors (Lipinski definition) is 5. The molecule has 2 N–H and O–H groups in total. The average molecular weight is 516 g/mol. The van der Waals surface area contributed by atoms with Crippen LogP contribution in [0.5, 0.6) is 5.75 Å². The molecule has 0 spiro atoms. The largest absolute Gasteiger partial charge is 0.493 e. The topological polar surface area (TPSA) is 88.5 Å². The molecule has 0 unspecified atom stereocenters. The van der Waals surface area contributed by atoms with E-state index in [2.05, 4.69) is 25.6 Å². The molecule has 2 heterocycles. The molecule has 1 aliphatic rings. The van der Waals surface area contributed by atoms with Crippen molar-refractivity contribution in [2.75, 3.05) is 25.0 Å². The Morgan fingerprint density at radius 3 is 2.74 bits per heavy atom. The van der Waals surface area contributed by atoms with E-state index in [9.17, 15) is 9.18 Å². The number of aromatic nitrogens is 2. The molecule has 0 aliphatic carbocycles. The van der Waals surface area contributed by atoms with Crippen molar-refractivity contribution in [1.29, 1.82) is 0 Å². The summed E-state index contributed by atoms with van der Waals surface area (Å²) in [4.78, 5) is 24.7. The lowest BCUT2D eigenvalue weighted by atomic mass is 10.00. The molecule has 1 aliphatic heterocycles. The number of carbonyl (C=O) groups excluding carboxylic acids is 1. The third-order valence-electron chi connectivity index (χ3n) is 5.54. The first-order chi connectivity index (χ1) is 17.0. The SMILES string of the molecule is O=C(N=CC1CCNCC1)Nc1cnc(-c2cccc(OCCc3c(Cl)ccc(F)c3Cl)c2)nc1. The number of piperidine rings is 1. The lowest BCUT2D eigenvalue weighted by molar-refractivity contribution is 0.259. The molecule has 4 rings (SSSR count). The predicted molar refractivity (Wildman–Crippen MR) is 136 cm³/mol. The van der Waals surface area contributed by atoms with Gasteiger partial charge in [-0.2, -0.15) is 0 Å². The lowest BCUT2D eigenvalue weighted by Gasteiger charge is -2.18. The van der Waals surface area contributed by atoms with Crippen molar-refractivity contribution < 1.29 is 13.9 Å². The van der Waals surface area contributed by atoms with Crippen molar-refractivity contribution in [3.63, 3.8) is 0 Å². The van der Waals surface area contributed by atoms with Gasteiger partial charge in [0.15, 0.2) is 5.82 Å². The molecule has 3 aromatic rings. The van der Waals surface area contributed by atoms with Crippen molar-refractivity contribution in [1.82, 2.24) is 15.3 Å². The van der Waals surface area contributed by atoms with E-state index in [-0.39, 0.29) is 11.6 Å². The second-order valence-corrected chi connectivity index (χ2v) is 8.82. The van der Waals surface area contributed by atoms with Crippen molar-refractivity contribution in [2.45, 2.75) is 19.3 Å². The van der Waals surface area contributed by atoms with E-state index < -0.39 is 11.8 Å². The van der Waals surface area contributed by atoms with Gasteiger partial charge in [0.2, 0.25) is 0 Å². The number of urea groups is 1. The molecular formula is C25H24Cl2FN5O2. The van der Waals surface area contributed by atoms with Crippen LogP contribution < -0.4 is 15.4 Å². The predicted octanol–water partition coefficient (Wildman–Crippen LogP) is 5.81. The van der Waals surface area contributed by atoms with E-state index in [1.54, 1.807) is 18.3 Å². The van der Waals surface area contributed by atoms with Crippen LogP contribution in [0.15, 0.2) is 53.8 Å². The van der Waals surface area contributed by atoms with Crippen LogP contribution in [0.2, 0.25) is 10.0 Å². The summed E-state index contributed by atoms with van der Waals surface area (Å²) >= 11 is 12.1. The fourth-order valence-corrected chi connectivity index (χ4v) is 4.22. The maximum absolute atomic E-state index is 13.7. The number of carbonyl (C=O) groups is 1. The van der Waals surface area contributed by atoms with E-state index in [0.29, 0.717) is 40.2 Å². The highest BCUT2D eigenvalue weighted by Crippen LogP contribution is 2.28. The van der Waals surface area contributed by atoms with E-state index in [1.165, 1.54) is 24.5 Å². The molecule has 7 nitrogen and oxygen atoms in total. The van der Waals surface area contributed by atoms with Crippen LogP contribution in [0.1, 0.15) is 18.4 Å². The zero-order valence-electron chi connectivity index (χ0n) is 18.8. The Labute approximate surface area is 212 Å². The van der Waals surface area contributed by atoms with Crippen LogP contribution in [0.3, 0.4) is 0 Å². The molecule has 0 bridgehead atoms. The zero-order valence-corrected chi connectivity index (χ0v) is 20.3. The minimum atomic E-state index is -0.515. The summed E-state index contributed by atoms with van der Waals surface area (Å²) in [6.45, 7) is 2.14. The maximum Gasteiger partial charge on any atom is 0.345 e. The molecule has 0 saturated carbocycles. The van der Waals surface area contributed by atoms with Gasteiger partial charge in [0.05, 0.1) is 29.7 Å². The summed E-state index contributed by atoms with van der Waals surface area (Å²) in [7, 11) is 0. The standard InChI is InChI=1S/C25H24Cl2FN5O2/c26-21-4-5-22(28)23(27)20(21)8-11-35-19-3-1-2-17(12-19)24-30-14-18(15-31-24)33-25(34)32-13-16-6-9-29-10-7-16/h1-5,12-16,29H,6-11H2,(H,33,34). The number of ether oxygens (including phenoxy) is 1. The zero-order chi connectivity index (χ0) is 24.6. The van der Waals surface area contributed by atoms with Gasteiger partial charge in [0, 0.05) is 23.2 Å². The third-order valence-corrected chi connectivity index (χ3v) is 6.30. The number of anilines is 1. The normalized spacial score (nSPS) is 14.3. The van der Waals surface area contributed by atoms with Gasteiger partial charge in [0.25, 0.3) is 0 Å². The fourth-order valence-electron chi connectivity index (χ4n) is 3.66. The summed E-state index contributed by atoms with van der Waals surface area (Å²) < 4.78 is 19.5. The van der Waals surface area contributed by atoms with Crippen LogP contribution in [0.25, 0.3) is 11.4 Å². The van der Waals surface area contributed by atoms with Gasteiger partial charge in [0.1, 0.15) is 11.6 Å².